The molecule has 2 aromatic carbocycles. The van der Waals surface area contributed by atoms with Gasteiger partial charge in [-0.15, -0.1) is 0 Å². The van der Waals surface area contributed by atoms with Crippen molar-refractivity contribution in [3.63, 3.8) is 0 Å². The third-order valence-corrected chi connectivity index (χ3v) is 7.46. The molecule has 1 N–H and O–H groups in total. The Balaban J connectivity index is 1.68. The molecule has 0 amide bonds. The number of aryl methyl sites for hydroxylation is 2. The van der Waals surface area contributed by atoms with Crippen molar-refractivity contribution in [1.82, 2.24) is 9.55 Å². The Labute approximate surface area is 218 Å². The standard InChI is InChI=1S/C28H33N5O3S/c1-4-22-11-9-12-23-28(22)33(17-7-8-18-37(34,35)36)26(30-23)13-10-14-27-31(5-2)24-16-15-21(20-29)19-25(24)32(27)6-3/h9-16,19H,4-8,17-18H2,1-3H3,(H,34,35,36). The van der Waals surface area contributed by atoms with E-state index < -0.39 is 10.1 Å². The number of fused-ring (bicyclic) bond motifs is 2. The van der Waals surface area contributed by atoms with E-state index in [1.54, 1.807) is 0 Å². The lowest BCUT2D eigenvalue weighted by Crippen LogP contribution is -2.27. The van der Waals surface area contributed by atoms with Crippen molar-refractivity contribution in [2.24, 2.45) is 0 Å². The highest BCUT2D eigenvalue weighted by Gasteiger charge is 2.29. The number of rotatable bonds is 10. The molecule has 0 saturated carbocycles. The predicted octanol–water partition coefficient (Wildman–Crippen LogP) is 5.36. The molecule has 2 heterocycles. The highest BCUT2D eigenvalue weighted by molar-refractivity contribution is 7.85. The third kappa shape index (κ3) is 5.55. The second-order valence-electron chi connectivity index (χ2n) is 8.94. The summed E-state index contributed by atoms with van der Waals surface area (Å²) < 4.78 is 33.5. The summed E-state index contributed by atoms with van der Waals surface area (Å²) in [5.74, 6) is 1.59. The van der Waals surface area contributed by atoms with Gasteiger partial charge >= 0.3 is 0 Å². The topological polar surface area (TPSA) is 102 Å². The van der Waals surface area contributed by atoms with Crippen molar-refractivity contribution in [3.8, 4) is 6.07 Å². The number of anilines is 2. The Morgan fingerprint density at radius 3 is 2.49 bits per heavy atom. The lowest BCUT2D eigenvalue weighted by Gasteiger charge is -2.23. The number of aromatic nitrogens is 2. The number of benzene rings is 2. The average molecular weight is 520 g/mol. The van der Waals surface area contributed by atoms with Crippen LogP contribution in [0.3, 0.4) is 0 Å². The van der Waals surface area contributed by atoms with Gasteiger partial charge in [0, 0.05) is 19.6 Å². The summed E-state index contributed by atoms with van der Waals surface area (Å²) in [6.07, 6.45) is 7.90. The van der Waals surface area contributed by atoms with Gasteiger partial charge in [0.25, 0.3) is 10.1 Å². The minimum Gasteiger partial charge on any atom is -0.326 e. The highest BCUT2D eigenvalue weighted by Crippen LogP contribution is 2.41. The number of unbranched alkanes of at least 4 members (excludes halogenated alkanes) is 1. The second kappa shape index (κ2) is 11.2. The van der Waals surface area contributed by atoms with E-state index in [1.807, 2.05) is 42.5 Å². The molecule has 0 saturated heterocycles. The van der Waals surface area contributed by atoms with E-state index in [1.165, 1.54) is 5.56 Å². The van der Waals surface area contributed by atoms with Crippen molar-refractivity contribution < 1.29 is 13.0 Å². The van der Waals surface area contributed by atoms with Crippen LogP contribution in [0.1, 0.15) is 50.6 Å². The quantitative estimate of drug-likeness (QED) is 0.284. The predicted molar refractivity (Wildman–Crippen MR) is 149 cm³/mol. The number of imidazole rings is 1. The first-order valence-corrected chi connectivity index (χ1v) is 14.3. The summed E-state index contributed by atoms with van der Waals surface area (Å²) in [6.45, 7) is 8.47. The van der Waals surface area contributed by atoms with Crippen LogP contribution in [0.2, 0.25) is 0 Å². The van der Waals surface area contributed by atoms with Gasteiger partial charge in [0.05, 0.1) is 39.8 Å². The summed E-state index contributed by atoms with van der Waals surface area (Å²) in [5.41, 5.74) is 5.91. The molecule has 1 aromatic heterocycles. The van der Waals surface area contributed by atoms with E-state index in [2.05, 4.69) is 53.3 Å². The lowest BCUT2D eigenvalue weighted by molar-refractivity contribution is 0.478. The maximum Gasteiger partial charge on any atom is 0.264 e. The minimum atomic E-state index is -3.97. The van der Waals surface area contributed by atoms with Crippen LogP contribution < -0.4 is 9.80 Å². The van der Waals surface area contributed by atoms with E-state index in [9.17, 15) is 13.7 Å². The van der Waals surface area contributed by atoms with Crippen molar-refractivity contribution >= 4 is 38.6 Å². The first kappa shape index (κ1) is 26.5. The zero-order valence-corrected chi connectivity index (χ0v) is 22.4. The van der Waals surface area contributed by atoms with Crippen LogP contribution in [0.5, 0.6) is 0 Å². The average Bonchev–Trinajstić information content (AvgIpc) is 3.39. The molecule has 0 unspecified atom stereocenters. The number of allylic oxidation sites excluding steroid dienone is 2. The molecule has 0 spiro atoms. The molecule has 194 valence electrons. The van der Waals surface area contributed by atoms with Crippen LogP contribution >= 0.6 is 0 Å². The summed E-state index contributed by atoms with van der Waals surface area (Å²) in [6, 6.07) is 14.1. The Morgan fingerprint density at radius 1 is 1.05 bits per heavy atom. The van der Waals surface area contributed by atoms with Gasteiger partial charge in [-0.3, -0.25) is 4.55 Å². The molecule has 1 aliphatic rings. The van der Waals surface area contributed by atoms with Gasteiger partial charge in [-0.25, -0.2) is 4.98 Å². The fourth-order valence-corrected chi connectivity index (χ4v) is 5.53. The Kier molecular flexibility index (Phi) is 8.00. The molecular weight excluding hydrogens is 486 g/mol. The normalized spacial score (nSPS) is 14.7. The van der Waals surface area contributed by atoms with E-state index in [0.717, 1.165) is 53.6 Å². The molecule has 8 nitrogen and oxygen atoms in total. The Morgan fingerprint density at radius 2 is 1.81 bits per heavy atom. The number of nitriles is 1. The van der Waals surface area contributed by atoms with E-state index in [-0.39, 0.29) is 5.75 Å². The van der Waals surface area contributed by atoms with Gasteiger partial charge < -0.3 is 14.4 Å². The van der Waals surface area contributed by atoms with Gasteiger partial charge in [0.1, 0.15) is 11.6 Å². The van der Waals surface area contributed by atoms with E-state index in [4.69, 9.17) is 9.54 Å². The summed E-state index contributed by atoms with van der Waals surface area (Å²) in [7, 11) is -3.97. The van der Waals surface area contributed by atoms with Crippen molar-refractivity contribution in [3.05, 3.63) is 71.3 Å². The lowest BCUT2D eigenvalue weighted by atomic mass is 10.1. The fourth-order valence-electron chi connectivity index (χ4n) is 4.97. The van der Waals surface area contributed by atoms with Gasteiger partial charge in [-0.05, 0) is 75.1 Å². The maximum absolute atomic E-state index is 11.2. The molecule has 9 heteroatoms. The van der Waals surface area contributed by atoms with Crippen LogP contribution in [0.25, 0.3) is 17.1 Å². The molecule has 1 aliphatic heterocycles. The molecule has 37 heavy (non-hydrogen) atoms. The SMILES string of the molecule is CCc1cccc2nc(C=CC=C3N(CC)c4ccc(C#N)cc4N3CC)n(CCCCS(=O)(=O)O)c12. The van der Waals surface area contributed by atoms with Gasteiger partial charge in [-0.2, -0.15) is 13.7 Å². The van der Waals surface area contributed by atoms with Crippen molar-refractivity contribution in [2.45, 2.75) is 46.6 Å². The Hall–Kier alpha value is -3.61. The number of hydrogen-bond donors (Lipinski definition) is 1. The van der Waals surface area contributed by atoms with Crippen molar-refractivity contribution in [2.75, 3.05) is 28.6 Å². The summed E-state index contributed by atoms with van der Waals surface area (Å²) in [4.78, 5) is 9.31. The van der Waals surface area contributed by atoms with Crippen LogP contribution in [0.4, 0.5) is 11.4 Å². The van der Waals surface area contributed by atoms with Gasteiger partial charge in [-0.1, -0.05) is 25.1 Å². The minimum absolute atomic E-state index is 0.245. The maximum atomic E-state index is 11.2. The number of nitrogens with zero attached hydrogens (tertiary/aromatic N) is 5. The zero-order valence-electron chi connectivity index (χ0n) is 21.6. The third-order valence-electron chi connectivity index (χ3n) is 6.66. The number of para-hydroxylation sites is 1. The van der Waals surface area contributed by atoms with Gasteiger partial charge in [0.15, 0.2) is 0 Å². The monoisotopic (exact) mass is 519 g/mol. The molecule has 3 aromatic rings. The molecule has 0 aliphatic carbocycles. The van der Waals surface area contributed by atoms with Gasteiger partial charge in [0.2, 0.25) is 0 Å². The van der Waals surface area contributed by atoms with Crippen molar-refractivity contribution in [1.29, 1.82) is 5.26 Å². The first-order chi connectivity index (χ1) is 17.8. The molecule has 0 fully saturated rings. The Bertz CT molecular complexity index is 1500. The zero-order chi connectivity index (χ0) is 26.6. The molecule has 0 atom stereocenters. The van der Waals surface area contributed by atoms with E-state index >= 15 is 0 Å². The van der Waals surface area contributed by atoms with E-state index in [0.29, 0.717) is 24.9 Å². The number of hydrogen-bond acceptors (Lipinski definition) is 6. The van der Waals surface area contributed by atoms with Crippen LogP contribution in [-0.4, -0.2) is 41.4 Å². The molecule has 0 bridgehead atoms. The smallest absolute Gasteiger partial charge is 0.264 e. The molecule has 4 rings (SSSR count). The molecular formula is C28H33N5O3S. The van der Waals surface area contributed by atoms with Crippen LogP contribution in [0.15, 0.2) is 54.4 Å². The summed E-state index contributed by atoms with van der Waals surface area (Å²) >= 11 is 0. The first-order valence-electron chi connectivity index (χ1n) is 12.7. The largest absolute Gasteiger partial charge is 0.326 e. The summed E-state index contributed by atoms with van der Waals surface area (Å²) in [5, 5.41) is 9.37. The highest BCUT2D eigenvalue weighted by atomic mass is 32.2. The van der Waals surface area contributed by atoms with Crippen LogP contribution in [0, 0.1) is 11.3 Å². The van der Waals surface area contributed by atoms with Crippen LogP contribution in [-0.2, 0) is 23.1 Å². The second-order valence-corrected chi connectivity index (χ2v) is 10.5. The fraction of sp³-hybridized carbons (Fsp3) is 0.357. The molecule has 0 radical (unpaired) electrons.